The minimum Gasteiger partial charge on any atom is -0.457 e. The van der Waals surface area contributed by atoms with Gasteiger partial charge in [-0.05, 0) is 38.5 Å². The van der Waals surface area contributed by atoms with E-state index < -0.39 is 58.4 Å². The van der Waals surface area contributed by atoms with Crippen LogP contribution in [0.15, 0.2) is 12.2 Å². The molecule has 0 radical (unpaired) electrons. The molecule has 0 aliphatic rings. The monoisotopic (exact) mass is 706 g/mol. The second-order valence-electron chi connectivity index (χ2n) is 12.9. The molecule has 48 heavy (non-hydrogen) atoms. The number of hydrogen-bond donors (Lipinski definition) is 3. The molecule has 0 aromatic heterocycles. The lowest BCUT2D eigenvalue weighted by atomic mass is 10.1. The van der Waals surface area contributed by atoms with Crippen molar-refractivity contribution in [3.8, 4) is 0 Å². The number of carbonyl (C=O) groups excluding carboxylic acids is 2. The topological polar surface area (TPSA) is 149 Å². The summed E-state index contributed by atoms with van der Waals surface area (Å²) in [6, 6.07) is 0. The Labute approximate surface area is 292 Å². The maximum Gasteiger partial charge on any atom is 0.472 e. The van der Waals surface area contributed by atoms with Crippen LogP contribution in [-0.2, 0) is 32.7 Å². The molecular formula is C37H71O10P. The summed E-state index contributed by atoms with van der Waals surface area (Å²) in [6.07, 6.45) is 29.2. The summed E-state index contributed by atoms with van der Waals surface area (Å²) in [5, 5.41) is 19.0. The van der Waals surface area contributed by atoms with Crippen LogP contribution < -0.4 is 0 Å². The third-order valence-corrected chi connectivity index (χ3v) is 9.18. The van der Waals surface area contributed by atoms with E-state index in [1.807, 2.05) is 0 Å². The van der Waals surface area contributed by atoms with Crippen LogP contribution in [0.5, 0.6) is 0 Å². The van der Waals surface area contributed by atoms with Gasteiger partial charge in [-0.25, -0.2) is 4.57 Å². The summed E-state index contributed by atoms with van der Waals surface area (Å²) in [6.45, 7) is 2.15. The number of unbranched alkanes of at least 4 members (excludes halogenated alkanes) is 20. The number of esters is 2. The van der Waals surface area contributed by atoms with Crippen LogP contribution in [0.2, 0.25) is 0 Å². The summed E-state index contributed by atoms with van der Waals surface area (Å²) >= 11 is 0. The summed E-state index contributed by atoms with van der Waals surface area (Å²) < 4.78 is 32.3. The van der Waals surface area contributed by atoms with Crippen LogP contribution in [-0.4, -0.2) is 65.7 Å². The molecule has 0 saturated carbocycles. The number of rotatable bonds is 36. The minimum absolute atomic E-state index is 0.190. The quantitative estimate of drug-likeness (QED) is 0.0249. The van der Waals surface area contributed by atoms with Gasteiger partial charge in [-0.2, -0.15) is 0 Å². The molecule has 3 N–H and O–H groups in total. The van der Waals surface area contributed by atoms with Gasteiger partial charge in [-0.15, -0.1) is 0 Å². The van der Waals surface area contributed by atoms with Gasteiger partial charge in [0.2, 0.25) is 0 Å². The highest BCUT2D eigenvalue weighted by Gasteiger charge is 2.27. The number of aliphatic hydroxyl groups is 2. The Balaban J connectivity index is 3.94. The standard InChI is InChI=1S/C37H71O10P/c1-3-5-7-9-11-13-14-15-16-17-18-19-20-21-23-25-27-29-37(41)47-35(31-39)33-45-48(42,43)44-32-34(30-38)46-36(40)28-26-24-22-12-10-8-6-4-2/h15-16,34-35,38-39H,3-14,17-33H2,1-2H3,(H,42,43)/b16-15-. The molecule has 284 valence electrons. The highest BCUT2D eigenvalue weighted by atomic mass is 31.2. The highest BCUT2D eigenvalue weighted by Crippen LogP contribution is 2.43. The number of allylic oxidation sites excluding steroid dienone is 2. The van der Waals surface area contributed by atoms with E-state index in [2.05, 4.69) is 26.0 Å². The van der Waals surface area contributed by atoms with Crippen molar-refractivity contribution >= 4 is 19.8 Å². The zero-order valence-electron chi connectivity index (χ0n) is 30.5. The number of carbonyl (C=O) groups is 2. The van der Waals surface area contributed by atoms with Gasteiger partial charge in [0.15, 0.2) is 0 Å². The van der Waals surface area contributed by atoms with E-state index in [1.54, 1.807) is 0 Å². The first-order valence-corrected chi connectivity index (χ1v) is 20.6. The third kappa shape index (κ3) is 31.9. The van der Waals surface area contributed by atoms with E-state index in [4.69, 9.17) is 18.5 Å². The maximum absolute atomic E-state index is 12.3. The van der Waals surface area contributed by atoms with Crippen LogP contribution in [0.3, 0.4) is 0 Å². The zero-order chi connectivity index (χ0) is 35.6. The van der Waals surface area contributed by atoms with E-state index in [0.717, 1.165) is 44.9 Å². The van der Waals surface area contributed by atoms with Crippen molar-refractivity contribution in [3.05, 3.63) is 12.2 Å². The largest absolute Gasteiger partial charge is 0.472 e. The number of phosphoric ester groups is 1. The Bertz CT molecular complexity index is 822. The molecule has 0 aliphatic carbocycles. The van der Waals surface area contributed by atoms with Crippen molar-refractivity contribution in [1.82, 2.24) is 0 Å². The zero-order valence-corrected chi connectivity index (χ0v) is 31.4. The van der Waals surface area contributed by atoms with E-state index >= 15 is 0 Å². The molecule has 0 amide bonds. The van der Waals surface area contributed by atoms with Gasteiger partial charge in [0, 0.05) is 12.8 Å². The number of hydrogen-bond acceptors (Lipinski definition) is 9. The van der Waals surface area contributed by atoms with Crippen molar-refractivity contribution in [3.63, 3.8) is 0 Å². The van der Waals surface area contributed by atoms with Gasteiger partial charge < -0.3 is 24.6 Å². The van der Waals surface area contributed by atoms with E-state index in [1.165, 1.54) is 89.9 Å². The summed E-state index contributed by atoms with van der Waals surface area (Å²) in [5.74, 6) is -1.02. The van der Waals surface area contributed by atoms with Gasteiger partial charge in [-0.1, -0.05) is 135 Å². The molecule has 0 spiro atoms. The van der Waals surface area contributed by atoms with Crippen molar-refractivity contribution in [2.45, 2.75) is 187 Å². The normalized spacial score (nSPS) is 14.2. The molecule has 0 aromatic carbocycles. The molecule has 0 rings (SSSR count). The smallest absolute Gasteiger partial charge is 0.457 e. The number of aliphatic hydroxyl groups excluding tert-OH is 2. The Hall–Kier alpha value is -1.29. The van der Waals surface area contributed by atoms with Gasteiger partial charge in [0.05, 0.1) is 26.4 Å². The molecule has 0 heterocycles. The molecule has 0 saturated heterocycles. The molecular weight excluding hydrogens is 635 g/mol. The average molecular weight is 707 g/mol. The minimum atomic E-state index is -4.62. The SMILES string of the molecule is CCCCCCCC/C=C\CCCCCCCCCC(=O)OC(CO)COP(=O)(O)OCC(CO)OC(=O)CCCCCCCCCC. The molecule has 3 unspecified atom stereocenters. The van der Waals surface area contributed by atoms with Crippen molar-refractivity contribution < 1.29 is 47.8 Å². The Kier molecular flexibility index (Phi) is 33.3. The summed E-state index contributed by atoms with van der Waals surface area (Å²) in [5.41, 5.74) is 0. The van der Waals surface area contributed by atoms with Crippen LogP contribution >= 0.6 is 7.82 Å². The Morgan fingerprint density at radius 3 is 1.19 bits per heavy atom. The number of ether oxygens (including phenoxy) is 2. The Morgan fingerprint density at radius 1 is 0.542 bits per heavy atom. The molecule has 0 fully saturated rings. The third-order valence-electron chi connectivity index (χ3n) is 8.23. The van der Waals surface area contributed by atoms with Crippen LogP contribution in [0, 0.1) is 0 Å². The molecule has 11 heteroatoms. The van der Waals surface area contributed by atoms with Crippen molar-refractivity contribution in [1.29, 1.82) is 0 Å². The van der Waals surface area contributed by atoms with E-state index in [9.17, 15) is 29.3 Å². The fourth-order valence-corrected chi connectivity index (χ4v) is 6.01. The predicted octanol–water partition coefficient (Wildman–Crippen LogP) is 9.28. The highest BCUT2D eigenvalue weighted by molar-refractivity contribution is 7.47. The van der Waals surface area contributed by atoms with Crippen molar-refractivity contribution in [2.24, 2.45) is 0 Å². The second-order valence-corrected chi connectivity index (χ2v) is 14.4. The van der Waals surface area contributed by atoms with Crippen molar-refractivity contribution in [2.75, 3.05) is 26.4 Å². The first-order chi connectivity index (χ1) is 23.3. The van der Waals surface area contributed by atoms with Gasteiger partial charge in [0.25, 0.3) is 0 Å². The predicted molar refractivity (Wildman–Crippen MR) is 192 cm³/mol. The molecule has 0 aliphatic heterocycles. The fourth-order valence-electron chi connectivity index (χ4n) is 5.23. The van der Waals surface area contributed by atoms with Crippen LogP contribution in [0.1, 0.15) is 174 Å². The van der Waals surface area contributed by atoms with Gasteiger partial charge in [-0.3, -0.25) is 18.6 Å². The number of phosphoric acid groups is 1. The molecule has 3 atom stereocenters. The van der Waals surface area contributed by atoms with Gasteiger partial charge in [0.1, 0.15) is 12.2 Å². The first-order valence-electron chi connectivity index (χ1n) is 19.1. The van der Waals surface area contributed by atoms with E-state index in [-0.39, 0.29) is 12.8 Å². The second kappa shape index (κ2) is 34.2. The lowest BCUT2D eigenvalue weighted by Crippen LogP contribution is -2.28. The summed E-state index contributed by atoms with van der Waals surface area (Å²) in [4.78, 5) is 34.2. The average Bonchev–Trinajstić information content (AvgIpc) is 3.07. The molecule has 0 aromatic rings. The Morgan fingerprint density at radius 2 is 0.854 bits per heavy atom. The summed E-state index contributed by atoms with van der Waals surface area (Å²) in [7, 11) is -4.62. The first kappa shape index (κ1) is 46.7. The maximum atomic E-state index is 12.3. The lowest BCUT2D eigenvalue weighted by molar-refractivity contribution is -0.153. The lowest BCUT2D eigenvalue weighted by Gasteiger charge is -2.20. The molecule has 0 bridgehead atoms. The van der Waals surface area contributed by atoms with Crippen LogP contribution in [0.25, 0.3) is 0 Å². The van der Waals surface area contributed by atoms with Gasteiger partial charge >= 0.3 is 19.8 Å². The van der Waals surface area contributed by atoms with Crippen LogP contribution in [0.4, 0.5) is 0 Å². The van der Waals surface area contributed by atoms with E-state index in [0.29, 0.717) is 12.8 Å². The fraction of sp³-hybridized carbons (Fsp3) is 0.892. The molecule has 10 nitrogen and oxygen atoms in total.